The Balaban J connectivity index is 1.31. The van der Waals surface area contributed by atoms with Gasteiger partial charge in [0, 0.05) is 12.6 Å². The molecule has 7 heteroatoms. The fourth-order valence-electron chi connectivity index (χ4n) is 10.9. The highest BCUT2D eigenvalue weighted by molar-refractivity contribution is 5.86. The number of hydrogen-bond donors (Lipinski definition) is 3. The summed E-state index contributed by atoms with van der Waals surface area (Å²) in [6.07, 6.45) is 12.5. The van der Waals surface area contributed by atoms with Gasteiger partial charge in [-0.05, 0) is 137 Å². The van der Waals surface area contributed by atoms with Crippen molar-refractivity contribution < 1.29 is 24.2 Å². The predicted molar refractivity (Wildman–Crippen MR) is 182 cm³/mol. The Morgan fingerprint density at radius 1 is 1.00 bits per heavy atom. The van der Waals surface area contributed by atoms with Gasteiger partial charge in [-0.3, -0.25) is 4.79 Å². The lowest BCUT2D eigenvalue weighted by Crippen LogP contribution is -2.63. The molecule has 0 heterocycles. The summed E-state index contributed by atoms with van der Waals surface area (Å²) in [6, 6.07) is 9.14. The van der Waals surface area contributed by atoms with Crippen LogP contribution in [0.5, 0.6) is 0 Å². The lowest BCUT2D eigenvalue weighted by atomic mass is 9.43. The summed E-state index contributed by atoms with van der Waals surface area (Å²) in [4.78, 5) is 27.0. The van der Waals surface area contributed by atoms with Gasteiger partial charge in [-0.25, -0.2) is 4.79 Å². The quantitative estimate of drug-likeness (QED) is 0.231. The maximum atomic E-state index is 14.1. The number of fused-ring (bicyclic) bond motifs is 5. The van der Waals surface area contributed by atoms with Gasteiger partial charge >= 0.3 is 6.09 Å². The van der Waals surface area contributed by atoms with Gasteiger partial charge in [0.15, 0.2) is 0 Å². The second kappa shape index (κ2) is 14.6. The molecular weight excluding hydrogens is 576 g/mol. The van der Waals surface area contributed by atoms with E-state index >= 15 is 0 Å². The van der Waals surface area contributed by atoms with E-state index in [9.17, 15) is 14.7 Å². The average molecular weight is 639 g/mol. The van der Waals surface area contributed by atoms with Gasteiger partial charge in [0.1, 0.15) is 11.6 Å². The molecule has 3 N–H and O–H groups in total. The zero-order chi connectivity index (χ0) is 33.1. The predicted octanol–water partition coefficient (Wildman–Crippen LogP) is 7.65. The molecule has 0 radical (unpaired) electrons. The molecule has 0 aromatic heterocycles. The molecule has 4 fully saturated rings. The van der Waals surface area contributed by atoms with Crippen LogP contribution in [0.15, 0.2) is 30.3 Å². The van der Waals surface area contributed by atoms with Gasteiger partial charge in [0.2, 0.25) is 5.91 Å². The number of aliphatic hydroxyl groups excluding tert-OH is 1. The smallest absolute Gasteiger partial charge is 0.408 e. The summed E-state index contributed by atoms with van der Waals surface area (Å²) in [5.41, 5.74) is 0.782. The summed E-state index contributed by atoms with van der Waals surface area (Å²) in [5.74, 6) is 3.90. The number of aliphatic hydroxyl groups is 1. The van der Waals surface area contributed by atoms with Crippen LogP contribution in [0.2, 0.25) is 0 Å². The number of amides is 2. The number of carbonyl (C=O) groups excluding carboxylic acids is 2. The lowest BCUT2D eigenvalue weighted by Gasteiger charge is -2.63. The Hall–Kier alpha value is -2.12. The Labute approximate surface area is 278 Å². The van der Waals surface area contributed by atoms with Crippen molar-refractivity contribution in [2.45, 2.75) is 136 Å². The molecule has 4 saturated carbocycles. The SMILES string of the molecule is C[C@H](CCCO)[C@H]1CC[C@H]2[C@@H]3CC[C@@H]4CCCC(NC(=O)[C@@H](COCc5ccccc5)NC(=O)OC(C)(C)C)[C@]4(C)[C@H]3CC[C@]12C. The van der Waals surface area contributed by atoms with Crippen LogP contribution in [0, 0.1) is 46.3 Å². The second-order valence-corrected chi connectivity index (χ2v) is 16.8. The average Bonchev–Trinajstić information content (AvgIpc) is 3.36. The number of alkyl carbamates (subject to hydrolysis) is 1. The van der Waals surface area contributed by atoms with Crippen LogP contribution in [-0.4, -0.2) is 48.0 Å². The molecule has 5 rings (SSSR count). The molecule has 7 nitrogen and oxygen atoms in total. The van der Waals surface area contributed by atoms with E-state index in [-0.39, 0.29) is 24.0 Å². The highest BCUT2D eigenvalue weighted by Gasteiger charge is 2.62. The maximum absolute atomic E-state index is 14.1. The normalized spacial score (nSPS) is 35.2. The van der Waals surface area contributed by atoms with E-state index in [1.165, 1.54) is 44.9 Å². The molecule has 46 heavy (non-hydrogen) atoms. The monoisotopic (exact) mass is 638 g/mol. The van der Waals surface area contributed by atoms with Crippen LogP contribution in [0.3, 0.4) is 0 Å². The van der Waals surface area contributed by atoms with Crippen molar-refractivity contribution in [3.05, 3.63) is 35.9 Å². The van der Waals surface area contributed by atoms with Crippen LogP contribution in [0.4, 0.5) is 4.79 Å². The van der Waals surface area contributed by atoms with E-state index in [1.54, 1.807) is 0 Å². The standard InChI is InChI=1S/C39H62N2O5/c1-26(12-11-23-42)30-19-20-31-29-18-17-28-15-10-16-34(39(28,6)32(29)21-22-38(30,31)5)41-35(43)33(40-36(44)46-37(2,3)4)25-45-24-27-13-8-7-9-14-27/h7-9,13-14,26,28-34,42H,10-12,15-25H2,1-6H3,(H,40,44)(H,41,43)/t26-,28+,29+,30-,31+,32+,33-,34?,38-,39+/m1/s1. The molecule has 1 aromatic rings. The zero-order valence-electron chi connectivity index (χ0n) is 29.5. The van der Waals surface area contributed by atoms with E-state index in [1.807, 2.05) is 51.1 Å². The summed E-state index contributed by atoms with van der Waals surface area (Å²) in [5, 5.41) is 15.8. The summed E-state index contributed by atoms with van der Waals surface area (Å²) in [7, 11) is 0. The van der Waals surface area contributed by atoms with Crippen LogP contribution in [0.1, 0.15) is 118 Å². The first kappa shape index (κ1) is 35.2. The van der Waals surface area contributed by atoms with E-state index in [2.05, 4.69) is 31.4 Å². The van der Waals surface area contributed by atoms with E-state index in [4.69, 9.17) is 9.47 Å². The van der Waals surface area contributed by atoms with Crippen molar-refractivity contribution in [3.63, 3.8) is 0 Å². The number of ether oxygens (including phenoxy) is 2. The topological polar surface area (TPSA) is 96.9 Å². The number of rotatable bonds is 11. The first-order chi connectivity index (χ1) is 21.9. The minimum atomic E-state index is -0.840. The third-order valence-electron chi connectivity index (χ3n) is 13.1. The highest BCUT2D eigenvalue weighted by atomic mass is 16.6. The molecule has 0 saturated heterocycles. The Kier molecular flexibility index (Phi) is 11.1. The third kappa shape index (κ3) is 7.46. The number of nitrogens with one attached hydrogen (secondary N) is 2. The lowest BCUT2D eigenvalue weighted by molar-refractivity contribution is -0.141. The Bertz CT molecular complexity index is 1170. The van der Waals surface area contributed by atoms with Crippen molar-refractivity contribution >= 4 is 12.0 Å². The molecule has 0 spiro atoms. The van der Waals surface area contributed by atoms with Crippen molar-refractivity contribution in [3.8, 4) is 0 Å². The molecular formula is C39H62N2O5. The molecule has 0 bridgehead atoms. The molecule has 258 valence electrons. The van der Waals surface area contributed by atoms with E-state index in [0.29, 0.717) is 42.3 Å². The van der Waals surface area contributed by atoms with Crippen LogP contribution < -0.4 is 10.6 Å². The van der Waals surface area contributed by atoms with Crippen molar-refractivity contribution in [2.75, 3.05) is 13.2 Å². The molecule has 1 unspecified atom stereocenters. The van der Waals surface area contributed by atoms with Crippen LogP contribution >= 0.6 is 0 Å². The first-order valence-electron chi connectivity index (χ1n) is 18.4. The van der Waals surface area contributed by atoms with Gasteiger partial charge in [-0.1, -0.05) is 57.5 Å². The minimum absolute atomic E-state index is 0.0418. The third-order valence-corrected chi connectivity index (χ3v) is 13.1. The Morgan fingerprint density at radius 2 is 1.76 bits per heavy atom. The van der Waals surface area contributed by atoms with Crippen molar-refractivity contribution in [1.82, 2.24) is 10.6 Å². The first-order valence-corrected chi connectivity index (χ1v) is 18.4. The van der Waals surface area contributed by atoms with Crippen LogP contribution in [-0.2, 0) is 20.9 Å². The molecule has 10 atom stereocenters. The highest BCUT2D eigenvalue weighted by Crippen LogP contribution is 2.68. The Morgan fingerprint density at radius 3 is 2.48 bits per heavy atom. The number of carbonyl (C=O) groups is 2. The molecule has 4 aliphatic carbocycles. The van der Waals surface area contributed by atoms with Gasteiger partial charge in [0.25, 0.3) is 0 Å². The summed E-state index contributed by atoms with van der Waals surface area (Å²) >= 11 is 0. The largest absolute Gasteiger partial charge is 0.444 e. The van der Waals surface area contributed by atoms with Crippen molar-refractivity contribution in [2.24, 2.45) is 46.3 Å². The summed E-state index contributed by atoms with van der Waals surface area (Å²) in [6.45, 7) is 13.7. The minimum Gasteiger partial charge on any atom is -0.444 e. The van der Waals surface area contributed by atoms with Gasteiger partial charge < -0.3 is 25.2 Å². The fourth-order valence-corrected chi connectivity index (χ4v) is 10.9. The second-order valence-electron chi connectivity index (χ2n) is 16.8. The number of hydrogen-bond acceptors (Lipinski definition) is 5. The molecule has 4 aliphatic rings. The number of benzene rings is 1. The summed E-state index contributed by atoms with van der Waals surface area (Å²) < 4.78 is 11.6. The van der Waals surface area contributed by atoms with Gasteiger partial charge in [-0.15, -0.1) is 0 Å². The van der Waals surface area contributed by atoms with Crippen molar-refractivity contribution in [1.29, 1.82) is 0 Å². The maximum Gasteiger partial charge on any atom is 0.408 e. The molecule has 2 amide bonds. The van der Waals surface area contributed by atoms with Gasteiger partial charge in [0.05, 0.1) is 13.2 Å². The van der Waals surface area contributed by atoms with Gasteiger partial charge in [-0.2, -0.15) is 0 Å². The fraction of sp³-hybridized carbons (Fsp3) is 0.795. The molecule has 1 aromatic carbocycles. The molecule has 0 aliphatic heterocycles. The van der Waals surface area contributed by atoms with E-state index in [0.717, 1.165) is 43.1 Å². The van der Waals surface area contributed by atoms with E-state index < -0.39 is 17.7 Å². The van der Waals surface area contributed by atoms with Crippen LogP contribution in [0.25, 0.3) is 0 Å². The zero-order valence-corrected chi connectivity index (χ0v) is 29.5.